The second kappa shape index (κ2) is 7.86. The van der Waals surface area contributed by atoms with Crippen LogP contribution in [0.1, 0.15) is 19.2 Å². The Morgan fingerprint density at radius 3 is 2.75 bits per heavy atom. The van der Waals surface area contributed by atoms with Gasteiger partial charge in [0.1, 0.15) is 0 Å². The highest BCUT2D eigenvalue weighted by atomic mass is 35.5. The van der Waals surface area contributed by atoms with E-state index in [4.69, 9.17) is 16.0 Å². The Kier molecular flexibility index (Phi) is 5.12. The van der Waals surface area contributed by atoms with Gasteiger partial charge in [0, 0.05) is 30.0 Å². The smallest absolute Gasteiger partial charge is 0.227 e. The molecule has 6 nitrogen and oxygen atoms in total. The first-order chi connectivity index (χ1) is 13.6. The molecule has 0 fully saturated rings. The minimum atomic E-state index is -0.128. The molecule has 2 aromatic carbocycles. The van der Waals surface area contributed by atoms with Crippen molar-refractivity contribution in [1.29, 1.82) is 0 Å². The van der Waals surface area contributed by atoms with Crippen molar-refractivity contribution in [2.24, 2.45) is 0 Å². The summed E-state index contributed by atoms with van der Waals surface area (Å²) in [5.41, 5.74) is 2.75. The fraction of sp³-hybridized carbons (Fsp3) is 0.190. The van der Waals surface area contributed by atoms with Crippen molar-refractivity contribution >= 4 is 34.5 Å². The summed E-state index contributed by atoms with van der Waals surface area (Å²) in [5, 5.41) is 3.56. The number of anilines is 1. The molecule has 0 saturated carbocycles. The van der Waals surface area contributed by atoms with E-state index in [0.717, 1.165) is 23.1 Å². The number of fused-ring (bicyclic) bond motifs is 1. The van der Waals surface area contributed by atoms with Gasteiger partial charge in [-0.25, -0.2) is 9.97 Å². The Labute approximate surface area is 167 Å². The Bertz CT molecular complexity index is 1120. The summed E-state index contributed by atoms with van der Waals surface area (Å²) in [6, 6.07) is 15.2. The summed E-state index contributed by atoms with van der Waals surface area (Å²) in [6.45, 7) is 2.75. The van der Waals surface area contributed by atoms with Gasteiger partial charge in [0.15, 0.2) is 11.7 Å². The molecule has 7 heteroatoms. The summed E-state index contributed by atoms with van der Waals surface area (Å²) in [7, 11) is 0. The molecule has 4 aromatic rings. The Hall–Kier alpha value is -3.12. The predicted molar refractivity (Wildman–Crippen MR) is 109 cm³/mol. The molecule has 0 aliphatic rings. The van der Waals surface area contributed by atoms with Crippen LogP contribution in [0, 0.1) is 0 Å². The second-order valence-electron chi connectivity index (χ2n) is 6.34. The zero-order valence-corrected chi connectivity index (χ0v) is 16.1. The van der Waals surface area contributed by atoms with Crippen LogP contribution in [-0.2, 0) is 17.8 Å². The monoisotopic (exact) mass is 394 g/mol. The van der Waals surface area contributed by atoms with E-state index in [2.05, 4.69) is 15.3 Å². The number of nitrogens with zero attached hydrogens (tertiary/aromatic N) is 3. The number of carbonyl (C=O) groups is 1. The van der Waals surface area contributed by atoms with Gasteiger partial charge in [0.05, 0.1) is 17.2 Å². The van der Waals surface area contributed by atoms with Gasteiger partial charge >= 0.3 is 0 Å². The minimum Gasteiger partial charge on any atom is -0.441 e. The van der Waals surface area contributed by atoms with Crippen LogP contribution in [0.3, 0.4) is 0 Å². The standard InChI is InChI=1S/C21H19ClN4O2/c1-2-26-17-6-4-3-5-16(17)24-21(26)25-19(27)11-12-20-23-13-18(28-20)14-7-9-15(22)10-8-14/h3-10,13H,2,11-12H2,1H3,(H,24,25,27). The highest BCUT2D eigenvalue weighted by Gasteiger charge is 2.13. The number of halogens is 1. The third-order valence-electron chi connectivity index (χ3n) is 4.47. The van der Waals surface area contributed by atoms with Gasteiger partial charge in [-0.05, 0) is 43.3 Å². The minimum absolute atomic E-state index is 0.128. The maximum absolute atomic E-state index is 12.4. The van der Waals surface area contributed by atoms with Gasteiger partial charge in [-0.1, -0.05) is 23.7 Å². The summed E-state index contributed by atoms with van der Waals surface area (Å²) < 4.78 is 7.73. The van der Waals surface area contributed by atoms with Crippen molar-refractivity contribution in [3.05, 3.63) is 65.6 Å². The molecule has 2 aromatic heterocycles. The molecule has 0 saturated heterocycles. The van der Waals surface area contributed by atoms with Crippen LogP contribution in [0.4, 0.5) is 5.95 Å². The average Bonchev–Trinajstić information content (AvgIpc) is 3.31. The number of aromatic nitrogens is 3. The highest BCUT2D eigenvalue weighted by Crippen LogP contribution is 2.23. The lowest BCUT2D eigenvalue weighted by molar-refractivity contribution is -0.116. The molecule has 0 spiro atoms. The second-order valence-corrected chi connectivity index (χ2v) is 6.78. The van der Waals surface area contributed by atoms with E-state index < -0.39 is 0 Å². The molecule has 0 atom stereocenters. The summed E-state index contributed by atoms with van der Waals surface area (Å²) in [6.07, 6.45) is 2.33. The molecule has 28 heavy (non-hydrogen) atoms. The van der Waals surface area contributed by atoms with Crippen molar-refractivity contribution in [3.63, 3.8) is 0 Å². The van der Waals surface area contributed by atoms with E-state index in [-0.39, 0.29) is 12.3 Å². The van der Waals surface area contributed by atoms with Gasteiger partial charge in [-0.3, -0.25) is 10.1 Å². The number of rotatable bonds is 6. The molecule has 0 bridgehead atoms. The molecule has 1 N–H and O–H groups in total. The first-order valence-corrected chi connectivity index (χ1v) is 9.47. The van der Waals surface area contributed by atoms with E-state index >= 15 is 0 Å². The SMILES string of the molecule is CCn1c(NC(=O)CCc2ncc(-c3ccc(Cl)cc3)o2)nc2ccccc21. The Morgan fingerprint density at radius 1 is 1.18 bits per heavy atom. The number of benzene rings is 2. The average molecular weight is 395 g/mol. The molecule has 0 aliphatic carbocycles. The molecular formula is C21H19ClN4O2. The molecule has 1 amide bonds. The van der Waals surface area contributed by atoms with E-state index in [1.54, 1.807) is 18.3 Å². The van der Waals surface area contributed by atoms with E-state index in [1.165, 1.54) is 0 Å². The molecule has 0 radical (unpaired) electrons. The maximum Gasteiger partial charge on any atom is 0.227 e. The number of oxazole rings is 1. The first kappa shape index (κ1) is 18.3. The zero-order chi connectivity index (χ0) is 19.5. The highest BCUT2D eigenvalue weighted by molar-refractivity contribution is 6.30. The molecule has 0 aliphatic heterocycles. The number of amides is 1. The van der Waals surface area contributed by atoms with Gasteiger partial charge in [0.25, 0.3) is 0 Å². The fourth-order valence-corrected chi connectivity index (χ4v) is 3.20. The van der Waals surface area contributed by atoms with Crippen molar-refractivity contribution < 1.29 is 9.21 Å². The summed E-state index contributed by atoms with van der Waals surface area (Å²) >= 11 is 5.91. The third-order valence-corrected chi connectivity index (χ3v) is 4.72. The van der Waals surface area contributed by atoms with Gasteiger partial charge in [-0.15, -0.1) is 0 Å². The normalized spacial score (nSPS) is 11.1. The number of nitrogens with one attached hydrogen (secondary N) is 1. The fourth-order valence-electron chi connectivity index (χ4n) is 3.07. The molecule has 2 heterocycles. The number of para-hydroxylation sites is 2. The lowest BCUT2D eigenvalue weighted by Gasteiger charge is -2.07. The zero-order valence-electron chi connectivity index (χ0n) is 15.4. The number of carbonyl (C=O) groups excluding carboxylic acids is 1. The van der Waals surface area contributed by atoms with E-state index in [1.807, 2.05) is 47.9 Å². The summed E-state index contributed by atoms with van der Waals surface area (Å²) in [5.74, 6) is 1.60. The number of hydrogen-bond donors (Lipinski definition) is 1. The Balaban J connectivity index is 1.41. The molecular weight excluding hydrogens is 376 g/mol. The lowest BCUT2D eigenvalue weighted by atomic mass is 10.2. The lowest BCUT2D eigenvalue weighted by Crippen LogP contribution is -2.16. The molecule has 4 rings (SSSR count). The maximum atomic E-state index is 12.4. The quantitative estimate of drug-likeness (QED) is 0.503. The van der Waals surface area contributed by atoms with Crippen molar-refractivity contribution in [2.75, 3.05) is 5.32 Å². The predicted octanol–water partition coefficient (Wildman–Crippen LogP) is 4.94. The van der Waals surface area contributed by atoms with E-state index in [0.29, 0.717) is 29.0 Å². The largest absolute Gasteiger partial charge is 0.441 e. The van der Waals surface area contributed by atoms with Crippen molar-refractivity contribution in [2.45, 2.75) is 26.3 Å². The number of hydrogen-bond acceptors (Lipinski definition) is 4. The van der Waals surface area contributed by atoms with Crippen LogP contribution in [0.2, 0.25) is 5.02 Å². The van der Waals surface area contributed by atoms with Crippen LogP contribution in [0.5, 0.6) is 0 Å². The van der Waals surface area contributed by atoms with E-state index in [9.17, 15) is 4.79 Å². The van der Waals surface area contributed by atoms with Crippen molar-refractivity contribution in [3.8, 4) is 11.3 Å². The van der Waals surface area contributed by atoms with Crippen LogP contribution in [-0.4, -0.2) is 20.4 Å². The van der Waals surface area contributed by atoms with Crippen LogP contribution in [0.25, 0.3) is 22.4 Å². The number of imidazole rings is 1. The first-order valence-electron chi connectivity index (χ1n) is 9.10. The van der Waals surface area contributed by atoms with Gasteiger partial charge in [0.2, 0.25) is 11.9 Å². The van der Waals surface area contributed by atoms with Crippen molar-refractivity contribution in [1.82, 2.24) is 14.5 Å². The number of aryl methyl sites for hydroxylation is 2. The molecule has 142 valence electrons. The third kappa shape index (κ3) is 3.77. The topological polar surface area (TPSA) is 73.0 Å². The Morgan fingerprint density at radius 2 is 1.96 bits per heavy atom. The van der Waals surface area contributed by atoms with Gasteiger partial charge in [-0.2, -0.15) is 0 Å². The van der Waals surface area contributed by atoms with Gasteiger partial charge < -0.3 is 8.98 Å². The van der Waals surface area contributed by atoms with Crippen LogP contribution in [0.15, 0.2) is 59.1 Å². The van der Waals surface area contributed by atoms with Crippen LogP contribution >= 0.6 is 11.6 Å². The van der Waals surface area contributed by atoms with Crippen LogP contribution < -0.4 is 5.32 Å². The summed E-state index contributed by atoms with van der Waals surface area (Å²) in [4.78, 5) is 21.2. The molecule has 0 unspecified atom stereocenters.